The van der Waals surface area contributed by atoms with E-state index in [0.717, 1.165) is 37.3 Å². The fraction of sp³-hybridized carbons (Fsp3) is 0.714. The van der Waals surface area contributed by atoms with Gasteiger partial charge in [0.05, 0.1) is 0 Å². The molecule has 0 atom stereocenters. The van der Waals surface area contributed by atoms with Gasteiger partial charge < -0.3 is 10.1 Å². The van der Waals surface area contributed by atoms with E-state index >= 15 is 0 Å². The molecule has 0 radical (unpaired) electrons. The lowest BCUT2D eigenvalue weighted by Gasteiger charge is -2.29. The van der Waals surface area contributed by atoms with Crippen molar-refractivity contribution in [3.05, 3.63) is 17.1 Å². The van der Waals surface area contributed by atoms with Crippen LogP contribution in [0, 0.1) is 0 Å². The van der Waals surface area contributed by atoms with Gasteiger partial charge in [-0.15, -0.1) is 0 Å². The zero-order valence-electron chi connectivity index (χ0n) is 11.8. The van der Waals surface area contributed by atoms with Crippen LogP contribution in [0.3, 0.4) is 0 Å². The molecule has 0 aromatic carbocycles. The second-order valence-electron chi connectivity index (χ2n) is 4.83. The van der Waals surface area contributed by atoms with Crippen LogP contribution in [0.5, 0.6) is 0 Å². The minimum absolute atomic E-state index is 0.344. The van der Waals surface area contributed by atoms with E-state index in [1.54, 1.807) is 7.11 Å². The number of hydrogen-bond acceptors (Lipinski definition) is 4. The number of aromatic nitrogens is 2. The first-order valence-electron chi connectivity index (χ1n) is 6.84. The smallest absolute Gasteiger partial charge is 0.162 e. The monoisotopic (exact) mass is 249 g/mol. The number of hydrogen-bond donors (Lipinski definition) is 1. The maximum absolute atomic E-state index is 5.73. The van der Waals surface area contributed by atoms with E-state index in [1.165, 1.54) is 17.7 Å². The van der Waals surface area contributed by atoms with E-state index in [-0.39, 0.29) is 5.60 Å². The van der Waals surface area contributed by atoms with Gasteiger partial charge in [-0.05, 0) is 32.1 Å². The van der Waals surface area contributed by atoms with Gasteiger partial charge in [0.25, 0.3) is 0 Å². The second-order valence-corrected chi connectivity index (χ2v) is 4.83. The van der Waals surface area contributed by atoms with Gasteiger partial charge in [-0.1, -0.05) is 13.8 Å². The topological polar surface area (TPSA) is 47.0 Å². The molecule has 100 valence electrons. The molecule has 1 heterocycles. The zero-order chi connectivity index (χ0) is 13.2. The highest BCUT2D eigenvalue weighted by Gasteiger charge is 2.33. The summed E-state index contributed by atoms with van der Waals surface area (Å²) in [6.45, 7) is 4.26. The number of ether oxygens (including phenoxy) is 1. The van der Waals surface area contributed by atoms with E-state index in [2.05, 4.69) is 19.2 Å². The first-order chi connectivity index (χ1) is 8.70. The zero-order valence-corrected chi connectivity index (χ0v) is 11.8. The van der Waals surface area contributed by atoms with Crippen LogP contribution in [0.1, 0.15) is 50.2 Å². The average molecular weight is 249 g/mol. The number of methoxy groups -OCH3 is 1. The second kappa shape index (κ2) is 5.22. The number of fused-ring (bicyclic) bond motifs is 1. The Bertz CT molecular complexity index is 419. The standard InChI is InChI=1S/C14H23N3O/c1-5-14(6-2,18-4)13-16-11-9-7-8-10(11)12(15-3)17-13/h5-9H2,1-4H3,(H,15,16,17). The van der Waals surface area contributed by atoms with Crippen molar-refractivity contribution in [1.29, 1.82) is 0 Å². The molecule has 1 aliphatic rings. The van der Waals surface area contributed by atoms with Crippen LogP contribution < -0.4 is 5.32 Å². The van der Waals surface area contributed by atoms with Crippen molar-refractivity contribution in [2.45, 2.75) is 51.6 Å². The SMILES string of the molecule is CCC(CC)(OC)c1nc2c(c(NC)n1)CCC2. The minimum atomic E-state index is -0.344. The number of nitrogens with zero attached hydrogens (tertiary/aromatic N) is 2. The van der Waals surface area contributed by atoms with Crippen molar-refractivity contribution in [3.63, 3.8) is 0 Å². The highest BCUT2D eigenvalue weighted by molar-refractivity contribution is 5.48. The molecule has 1 aromatic heterocycles. The molecule has 1 N–H and O–H groups in total. The summed E-state index contributed by atoms with van der Waals surface area (Å²) in [4.78, 5) is 9.47. The van der Waals surface area contributed by atoms with Crippen LogP contribution in [0.2, 0.25) is 0 Å². The third-order valence-corrected chi connectivity index (χ3v) is 4.11. The minimum Gasteiger partial charge on any atom is -0.373 e. The Morgan fingerprint density at radius 3 is 2.50 bits per heavy atom. The molecule has 0 unspecified atom stereocenters. The van der Waals surface area contributed by atoms with E-state index in [1.807, 2.05) is 7.05 Å². The summed E-state index contributed by atoms with van der Waals surface area (Å²) in [5.74, 6) is 1.82. The van der Waals surface area contributed by atoms with Crippen molar-refractivity contribution in [2.75, 3.05) is 19.5 Å². The van der Waals surface area contributed by atoms with E-state index in [4.69, 9.17) is 14.7 Å². The van der Waals surface area contributed by atoms with Gasteiger partial charge in [0, 0.05) is 25.4 Å². The average Bonchev–Trinajstić information content (AvgIpc) is 2.89. The summed E-state index contributed by atoms with van der Waals surface area (Å²) in [7, 11) is 3.68. The number of aryl methyl sites for hydroxylation is 1. The Hall–Kier alpha value is -1.16. The summed E-state index contributed by atoms with van der Waals surface area (Å²) in [5, 5.41) is 3.21. The highest BCUT2D eigenvalue weighted by atomic mass is 16.5. The Morgan fingerprint density at radius 1 is 1.22 bits per heavy atom. The lowest BCUT2D eigenvalue weighted by Crippen LogP contribution is -2.30. The summed E-state index contributed by atoms with van der Waals surface area (Å²) in [6, 6.07) is 0. The third kappa shape index (κ3) is 1.99. The van der Waals surface area contributed by atoms with Crippen molar-refractivity contribution >= 4 is 5.82 Å². The normalized spacial score (nSPS) is 14.7. The molecule has 4 nitrogen and oxygen atoms in total. The third-order valence-electron chi connectivity index (χ3n) is 4.11. The van der Waals surface area contributed by atoms with Crippen LogP contribution in [0.25, 0.3) is 0 Å². The Labute approximate surface area is 109 Å². The molecule has 1 aromatic rings. The Kier molecular flexibility index (Phi) is 3.85. The van der Waals surface area contributed by atoms with Crippen LogP contribution in [-0.4, -0.2) is 24.1 Å². The molecule has 0 fully saturated rings. The lowest BCUT2D eigenvalue weighted by atomic mass is 9.95. The van der Waals surface area contributed by atoms with Gasteiger partial charge in [-0.25, -0.2) is 9.97 Å². The van der Waals surface area contributed by atoms with Gasteiger partial charge >= 0.3 is 0 Å². The van der Waals surface area contributed by atoms with Crippen LogP contribution in [0.15, 0.2) is 0 Å². The summed E-state index contributed by atoms with van der Waals surface area (Å²) in [5.41, 5.74) is 2.15. The number of rotatable bonds is 5. The lowest BCUT2D eigenvalue weighted by molar-refractivity contribution is -0.0291. The molecule has 0 amide bonds. The van der Waals surface area contributed by atoms with Gasteiger partial charge in [0.15, 0.2) is 5.82 Å². The Balaban J connectivity index is 2.51. The largest absolute Gasteiger partial charge is 0.373 e. The molecule has 0 spiro atoms. The first-order valence-corrected chi connectivity index (χ1v) is 6.84. The summed E-state index contributed by atoms with van der Waals surface area (Å²) >= 11 is 0. The molecule has 1 aliphatic carbocycles. The van der Waals surface area contributed by atoms with Crippen molar-refractivity contribution in [2.24, 2.45) is 0 Å². The number of anilines is 1. The fourth-order valence-electron chi connectivity index (χ4n) is 2.79. The van der Waals surface area contributed by atoms with Crippen molar-refractivity contribution in [3.8, 4) is 0 Å². The Morgan fingerprint density at radius 2 is 1.94 bits per heavy atom. The first kappa shape index (κ1) is 13.3. The molecular formula is C14H23N3O. The van der Waals surface area contributed by atoms with Crippen molar-refractivity contribution in [1.82, 2.24) is 9.97 Å². The predicted molar refractivity (Wildman–Crippen MR) is 72.9 cm³/mol. The highest BCUT2D eigenvalue weighted by Crippen LogP contribution is 2.34. The summed E-state index contributed by atoms with van der Waals surface area (Å²) in [6.07, 6.45) is 5.11. The van der Waals surface area contributed by atoms with Gasteiger partial charge in [0.1, 0.15) is 11.4 Å². The van der Waals surface area contributed by atoms with Gasteiger partial charge in [0.2, 0.25) is 0 Å². The van der Waals surface area contributed by atoms with Crippen LogP contribution in [-0.2, 0) is 23.2 Å². The van der Waals surface area contributed by atoms with Crippen LogP contribution >= 0.6 is 0 Å². The quantitative estimate of drug-likeness (QED) is 0.871. The summed E-state index contributed by atoms with van der Waals surface area (Å²) < 4.78 is 5.73. The van der Waals surface area contributed by atoms with Crippen molar-refractivity contribution < 1.29 is 4.74 Å². The predicted octanol–water partition coefficient (Wildman–Crippen LogP) is 2.67. The van der Waals surface area contributed by atoms with E-state index in [0.29, 0.717) is 0 Å². The van der Waals surface area contributed by atoms with E-state index < -0.39 is 0 Å². The molecule has 0 aliphatic heterocycles. The van der Waals surface area contributed by atoms with E-state index in [9.17, 15) is 0 Å². The molecule has 0 bridgehead atoms. The molecular weight excluding hydrogens is 226 g/mol. The van der Waals surface area contributed by atoms with Crippen LogP contribution in [0.4, 0.5) is 5.82 Å². The van der Waals surface area contributed by atoms with Gasteiger partial charge in [-0.2, -0.15) is 0 Å². The molecule has 0 saturated heterocycles. The maximum Gasteiger partial charge on any atom is 0.162 e. The molecule has 4 heteroatoms. The molecule has 2 rings (SSSR count). The molecule has 0 saturated carbocycles. The van der Waals surface area contributed by atoms with Gasteiger partial charge in [-0.3, -0.25) is 0 Å². The number of nitrogens with one attached hydrogen (secondary N) is 1. The fourth-order valence-corrected chi connectivity index (χ4v) is 2.79. The maximum atomic E-state index is 5.73. The molecule has 18 heavy (non-hydrogen) atoms.